The minimum Gasteiger partial charge on any atom is -0.487 e. The Labute approximate surface area is 231 Å². The quantitative estimate of drug-likeness (QED) is 0.131. The Hall–Kier alpha value is -3.23. The number of nitro groups is 1. The Morgan fingerprint density at radius 3 is 2.41 bits per heavy atom. The molecule has 0 radical (unpaired) electrons. The summed E-state index contributed by atoms with van der Waals surface area (Å²) < 4.78 is 29.2. The number of carbonyl (C=O) groups excluding carboxylic acids is 1. The lowest BCUT2D eigenvalue weighted by Gasteiger charge is -2.37. The van der Waals surface area contributed by atoms with Crippen LogP contribution < -0.4 is 4.74 Å². The number of esters is 1. The summed E-state index contributed by atoms with van der Waals surface area (Å²) in [6.45, 7) is 14.7. The molecular formula is C29H37NO8Si. The highest BCUT2D eigenvalue weighted by Gasteiger charge is 2.44. The van der Waals surface area contributed by atoms with Gasteiger partial charge in [0.25, 0.3) is 5.69 Å². The van der Waals surface area contributed by atoms with Crippen LogP contribution in [-0.2, 0) is 25.2 Å². The fourth-order valence-electron chi connectivity index (χ4n) is 3.69. The van der Waals surface area contributed by atoms with Gasteiger partial charge in [0.15, 0.2) is 14.1 Å². The van der Waals surface area contributed by atoms with Gasteiger partial charge in [0.05, 0.1) is 24.2 Å². The second-order valence-corrected chi connectivity index (χ2v) is 16.1. The van der Waals surface area contributed by atoms with Gasteiger partial charge in [-0.2, -0.15) is 0 Å². The molecule has 0 spiro atoms. The van der Waals surface area contributed by atoms with Crippen molar-refractivity contribution in [1.82, 2.24) is 0 Å². The van der Waals surface area contributed by atoms with Gasteiger partial charge in [0.2, 0.25) is 0 Å². The van der Waals surface area contributed by atoms with Crippen LogP contribution >= 0.6 is 0 Å². The molecule has 0 amide bonds. The molecule has 1 heterocycles. The average Bonchev–Trinajstić information content (AvgIpc) is 3.17. The van der Waals surface area contributed by atoms with Crippen molar-refractivity contribution in [1.29, 1.82) is 0 Å². The molecule has 3 rings (SSSR count). The van der Waals surface area contributed by atoms with Gasteiger partial charge in [-0.1, -0.05) is 62.9 Å². The van der Waals surface area contributed by atoms with E-state index in [1.807, 2.05) is 30.3 Å². The minimum atomic E-state index is -2.07. The summed E-state index contributed by atoms with van der Waals surface area (Å²) in [4.78, 5) is 23.7. The van der Waals surface area contributed by atoms with Crippen LogP contribution in [0.1, 0.15) is 56.1 Å². The Balaban J connectivity index is 1.99. The molecule has 0 aromatic heterocycles. The number of ether oxygens (including phenoxy) is 4. The molecular weight excluding hydrogens is 518 g/mol. The third kappa shape index (κ3) is 7.67. The van der Waals surface area contributed by atoms with E-state index in [0.717, 1.165) is 11.6 Å². The van der Waals surface area contributed by atoms with Crippen molar-refractivity contribution in [2.75, 3.05) is 13.7 Å². The van der Waals surface area contributed by atoms with Crippen LogP contribution in [0.5, 0.6) is 5.75 Å². The van der Waals surface area contributed by atoms with E-state index in [-0.39, 0.29) is 40.8 Å². The SMILES string of the molecule is COC(=O)c1cc(OCc2ccccc2)c(C#C[C@H]2OC(C)(C)O[C@@H]2CO[Si](C)(C)C(C)(C)C)c([N+](=O)[O-])c1. The van der Waals surface area contributed by atoms with Crippen LogP contribution in [0.4, 0.5) is 5.69 Å². The van der Waals surface area contributed by atoms with Gasteiger partial charge < -0.3 is 23.4 Å². The zero-order valence-electron chi connectivity index (χ0n) is 23.8. The monoisotopic (exact) mass is 555 g/mol. The Kier molecular flexibility index (Phi) is 9.23. The molecule has 0 N–H and O–H groups in total. The van der Waals surface area contributed by atoms with Gasteiger partial charge in [-0.15, -0.1) is 0 Å². The minimum absolute atomic E-state index is 0.0101. The standard InChI is InChI=1S/C29H37NO8Si/c1-28(2,3)39(7,8)36-19-26-24(37-29(4,5)38-26)15-14-22-23(30(32)33)16-21(27(31)34-6)17-25(22)35-18-20-12-10-9-11-13-20/h9-13,16-17,24,26H,18-19H2,1-8H3/t24-,26-/m1/s1. The lowest BCUT2D eigenvalue weighted by atomic mass is 10.1. The highest BCUT2D eigenvalue weighted by molar-refractivity contribution is 6.74. The molecule has 0 saturated carbocycles. The Morgan fingerprint density at radius 1 is 1.15 bits per heavy atom. The predicted molar refractivity (Wildman–Crippen MR) is 149 cm³/mol. The first-order valence-electron chi connectivity index (χ1n) is 12.7. The zero-order valence-corrected chi connectivity index (χ0v) is 24.8. The van der Waals surface area contributed by atoms with Crippen LogP contribution in [0.3, 0.4) is 0 Å². The van der Waals surface area contributed by atoms with Crippen LogP contribution in [-0.4, -0.2) is 50.9 Å². The molecule has 1 fully saturated rings. The summed E-state index contributed by atoms with van der Waals surface area (Å²) in [7, 11) is -0.863. The van der Waals surface area contributed by atoms with Gasteiger partial charge in [-0.05, 0) is 43.6 Å². The number of benzene rings is 2. The molecule has 2 atom stereocenters. The molecule has 0 bridgehead atoms. The molecule has 10 heteroatoms. The summed E-state index contributed by atoms with van der Waals surface area (Å²) in [5, 5.41) is 12.1. The van der Waals surface area contributed by atoms with Crippen molar-refractivity contribution < 1.29 is 33.1 Å². The first kappa shape index (κ1) is 30.3. The summed E-state index contributed by atoms with van der Waals surface area (Å²) in [5.41, 5.74) is 0.487. The van der Waals surface area contributed by atoms with E-state index < -0.39 is 37.2 Å². The molecule has 0 unspecified atom stereocenters. The van der Waals surface area contributed by atoms with E-state index in [1.165, 1.54) is 13.2 Å². The van der Waals surface area contributed by atoms with Gasteiger partial charge in [-0.25, -0.2) is 4.79 Å². The van der Waals surface area contributed by atoms with E-state index in [1.54, 1.807) is 13.8 Å². The van der Waals surface area contributed by atoms with Gasteiger partial charge >= 0.3 is 5.97 Å². The summed E-state index contributed by atoms with van der Waals surface area (Å²) >= 11 is 0. The maximum Gasteiger partial charge on any atom is 0.338 e. The molecule has 2 aromatic rings. The molecule has 0 aliphatic carbocycles. The lowest BCUT2D eigenvalue weighted by Crippen LogP contribution is -2.44. The first-order valence-corrected chi connectivity index (χ1v) is 15.6. The van der Waals surface area contributed by atoms with Gasteiger partial charge in [0, 0.05) is 6.07 Å². The molecule has 9 nitrogen and oxygen atoms in total. The third-order valence-electron chi connectivity index (χ3n) is 6.87. The van der Waals surface area contributed by atoms with E-state index in [0.29, 0.717) is 0 Å². The molecule has 1 aliphatic rings. The molecule has 2 aromatic carbocycles. The average molecular weight is 556 g/mol. The molecule has 1 saturated heterocycles. The number of nitrogens with zero attached hydrogens (tertiary/aromatic N) is 1. The molecule has 1 aliphatic heterocycles. The zero-order chi connectivity index (χ0) is 29.0. The fourth-order valence-corrected chi connectivity index (χ4v) is 4.70. The van der Waals surface area contributed by atoms with Crippen molar-refractivity contribution in [2.24, 2.45) is 0 Å². The smallest absolute Gasteiger partial charge is 0.338 e. The number of hydrogen-bond acceptors (Lipinski definition) is 8. The largest absolute Gasteiger partial charge is 0.487 e. The molecule has 210 valence electrons. The van der Waals surface area contributed by atoms with Crippen molar-refractivity contribution in [3.63, 3.8) is 0 Å². The number of hydrogen-bond donors (Lipinski definition) is 0. The summed E-state index contributed by atoms with van der Waals surface area (Å²) in [6, 6.07) is 11.9. The fraction of sp³-hybridized carbons (Fsp3) is 0.483. The number of rotatable bonds is 8. The predicted octanol–water partition coefficient (Wildman–Crippen LogP) is 5.85. The second kappa shape index (κ2) is 11.9. The van der Waals surface area contributed by atoms with Crippen molar-refractivity contribution in [3.8, 4) is 17.6 Å². The lowest BCUT2D eigenvalue weighted by molar-refractivity contribution is -0.385. The normalized spacial score (nSPS) is 18.7. The Morgan fingerprint density at radius 2 is 1.82 bits per heavy atom. The van der Waals surface area contributed by atoms with Crippen LogP contribution in [0.2, 0.25) is 18.1 Å². The first-order chi connectivity index (χ1) is 18.1. The highest BCUT2D eigenvalue weighted by atomic mass is 28.4. The van der Waals surface area contributed by atoms with Crippen LogP contribution in [0, 0.1) is 22.0 Å². The topological polar surface area (TPSA) is 106 Å². The maximum atomic E-state index is 12.2. The van der Waals surface area contributed by atoms with E-state index in [9.17, 15) is 14.9 Å². The van der Waals surface area contributed by atoms with E-state index in [4.69, 9.17) is 23.4 Å². The summed E-state index contributed by atoms with van der Waals surface area (Å²) in [5.74, 6) is 4.37. The third-order valence-corrected chi connectivity index (χ3v) is 11.4. The van der Waals surface area contributed by atoms with Gasteiger partial charge in [-0.3, -0.25) is 10.1 Å². The van der Waals surface area contributed by atoms with E-state index >= 15 is 0 Å². The Bertz CT molecular complexity index is 1260. The van der Waals surface area contributed by atoms with Crippen LogP contribution in [0.25, 0.3) is 0 Å². The van der Waals surface area contributed by atoms with Crippen molar-refractivity contribution >= 4 is 20.0 Å². The van der Waals surface area contributed by atoms with Crippen LogP contribution in [0.15, 0.2) is 42.5 Å². The second-order valence-electron chi connectivity index (χ2n) is 11.3. The molecule has 39 heavy (non-hydrogen) atoms. The van der Waals surface area contributed by atoms with Crippen molar-refractivity contribution in [3.05, 3.63) is 69.3 Å². The maximum absolute atomic E-state index is 12.2. The highest BCUT2D eigenvalue weighted by Crippen LogP contribution is 2.38. The number of nitro benzene ring substituents is 1. The number of methoxy groups -OCH3 is 1. The summed E-state index contributed by atoms with van der Waals surface area (Å²) in [6.07, 6.45) is -1.20. The van der Waals surface area contributed by atoms with Gasteiger partial charge in [0.1, 0.15) is 30.1 Å². The van der Waals surface area contributed by atoms with Crippen molar-refractivity contribution in [2.45, 2.75) is 77.4 Å². The van der Waals surface area contributed by atoms with E-state index in [2.05, 4.69) is 45.7 Å². The number of carbonyl (C=O) groups is 1.